The van der Waals surface area contributed by atoms with Crippen LogP contribution in [0, 0.1) is 18.7 Å². The Labute approximate surface area is 272 Å². The number of hydrogen-bond donors (Lipinski definition) is 3. The Hall–Kier alpha value is -3.82. The van der Waals surface area contributed by atoms with Gasteiger partial charge in [0.15, 0.2) is 23.0 Å². The number of methoxy groups -OCH3 is 1. The molecule has 2 atom stereocenters. The van der Waals surface area contributed by atoms with E-state index < -0.39 is 17.8 Å². The van der Waals surface area contributed by atoms with E-state index in [1.807, 2.05) is 17.4 Å². The van der Waals surface area contributed by atoms with Gasteiger partial charge in [0.1, 0.15) is 0 Å². The summed E-state index contributed by atoms with van der Waals surface area (Å²) in [6.07, 6.45) is 4.54. The molecule has 0 radical (unpaired) electrons. The Morgan fingerprint density at radius 3 is 2.67 bits per heavy atom. The smallest absolute Gasteiger partial charge is 0.295 e. The van der Waals surface area contributed by atoms with E-state index in [-0.39, 0.29) is 45.6 Å². The number of nitrogens with zero attached hydrogens (tertiary/aromatic N) is 5. The van der Waals surface area contributed by atoms with Crippen molar-refractivity contribution in [3.8, 4) is 17.0 Å². The number of imidazole rings is 1. The second-order valence-electron chi connectivity index (χ2n) is 11.8. The molecule has 11 nitrogen and oxygen atoms in total. The number of aromatic nitrogens is 3. The van der Waals surface area contributed by atoms with Crippen LogP contribution in [0.15, 0.2) is 55.0 Å². The van der Waals surface area contributed by atoms with E-state index in [0.717, 1.165) is 12.7 Å². The van der Waals surface area contributed by atoms with Crippen molar-refractivity contribution in [2.75, 3.05) is 57.6 Å². The Bertz CT molecular complexity index is 1710. The van der Waals surface area contributed by atoms with Crippen LogP contribution in [0.25, 0.3) is 16.9 Å². The van der Waals surface area contributed by atoms with Crippen LogP contribution in [0.5, 0.6) is 5.75 Å². The molecule has 4 aromatic rings. The number of benzene rings is 2. The van der Waals surface area contributed by atoms with Gasteiger partial charge in [-0.3, -0.25) is 4.40 Å². The van der Waals surface area contributed by atoms with Gasteiger partial charge >= 0.3 is 161 Å². The van der Waals surface area contributed by atoms with E-state index >= 15 is 0 Å². The number of amides is 2. The number of rotatable bonds is 10. The molecule has 13 heteroatoms. The maximum absolute atomic E-state index is 14.4. The van der Waals surface area contributed by atoms with Gasteiger partial charge in [0.2, 0.25) is 0 Å². The van der Waals surface area contributed by atoms with Crippen LogP contribution in [0.2, 0.25) is 0 Å². The van der Waals surface area contributed by atoms with Crippen molar-refractivity contribution >= 4 is 29.0 Å². The summed E-state index contributed by atoms with van der Waals surface area (Å²) < 4.78 is 23.1. The first kappa shape index (κ1) is 32.6. The number of hydrogen-bond acceptors (Lipinski definition) is 7. The number of β-amino-alcohol motifs (C(OH)–C–C–N with tert-alkyl or cyclic N) is 1. The van der Waals surface area contributed by atoms with Crippen molar-refractivity contribution in [2.45, 2.75) is 19.4 Å². The maximum atomic E-state index is 14.4. The van der Waals surface area contributed by atoms with Crippen LogP contribution in [-0.4, -0.2) is 97.3 Å². The van der Waals surface area contributed by atoms with Gasteiger partial charge in [0, 0.05) is 23.6 Å². The van der Waals surface area contributed by atoms with Crippen LogP contribution < -0.4 is 36.8 Å². The first-order valence-corrected chi connectivity index (χ1v) is 17.2. The van der Waals surface area contributed by atoms with Crippen LogP contribution in [0.1, 0.15) is 22.3 Å². The average molecular weight is 732 g/mol. The van der Waals surface area contributed by atoms with Crippen molar-refractivity contribution in [1.29, 1.82) is 0 Å². The summed E-state index contributed by atoms with van der Waals surface area (Å²) in [6.45, 7) is 2.97. The number of anilines is 2. The minimum atomic E-state index is -0.919. The predicted octanol–water partition coefficient (Wildman–Crippen LogP) is 0.245. The molecule has 1 fully saturated rings. The van der Waals surface area contributed by atoms with Crippen molar-refractivity contribution in [2.24, 2.45) is 5.92 Å². The topological polar surface area (TPSA) is 121 Å². The zero-order valence-electron chi connectivity index (χ0n) is 26.1. The SMILES string of the molecule is COc1ccc(-c2cnc3c(Nc4ccc(C(=O)N5CC[C@@H](C(=O)NCC[I-][N+](C)(C)C)[C@H](O)C5)c(C)c4)nccn23)cc1F. The number of halogens is 2. The number of likely N-dealkylation sites (tertiary alicyclic amines) is 1. The third-order valence-electron chi connectivity index (χ3n) is 7.64. The summed E-state index contributed by atoms with van der Waals surface area (Å²) in [4.78, 5) is 36.7. The summed E-state index contributed by atoms with van der Waals surface area (Å²) in [6, 6.07) is 10.1. The number of carbonyl (C=O) groups is 2. The monoisotopic (exact) mass is 731 g/mol. The van der Waals surface area contributed by atoms with Gasteiger partial charge < -0.3 is 10.1 Å². The molecule has 2 aromatic heterocycles. The van der Waals surface area contributed by atoms with Crippen LogP contribution in [-0.2, 0) is 4.79 Å². The number of quaternary nitrogens is 1. The number of fused-ring (bicyclic) bond motifs is 1. The summed E-state index contributed by atoms with van der Waals surface area (Å²) in [7, 11) is 7.88. The number of ether oxygens (including phenoxy) is 1. The van der Waals surface area contributed by atoms with E-state index in [4.69, 9.17) is 4.74 Å². The van der Waals surface area contributed by atoms with Crippen LogP contribution >= 0.6 is 0 Å². The molecule has 240 valence electrons. The number of aryl methyl sites for hydroxylation is 1. The Kier molecular flexibility index (Phi) is 9.89. The third kappa shape index (κ3) is 7.53. The molecule has 0 bridgehead atoms. The zero-order chi connectivity index (χ0) is 32.3. The summed E-state index contributed by atoms with van der Waals surface area (Å²) >= 11 is -0.0821. The minimum absolute atomic E-state index is 0.0821. The van der Waals surface area contributed by atoms with Gasteiger partial charge in [-0.15, -0.1) is 0 Å². The molecule has 45 heavy (non-hydrogen) atoms. The fourth-order valence-corrected chi connectivity index (χ4v) is 7.31. The zero-order valence-corrected chi connectivity index (χ0v) is 28.2. The molecule has 0 aliphatic carbocycles. The first-order valence-electron chi connectivity index (χ1n) is 14.7. The van der Waals surface area contributed by atoms with Gasteiger partial charge in [-0.25, -0.2) is 14.4 Å². The summed E-state index contributed by atoms with van der Waals surface area (Å²) in [5.74, 6) is -0.648. The van der Waals surface area contributed by atoms with Crippen molar-refractivity contribution in [3.05, 3.63) is 71.9 Å². The fraction of sp³-hybridized carbons (Fsp3) is 0.375. The Morgan fingerprint density at radius 2 is 1.98 bits per heavy atom. The Balaban J connectivity index is 1.23. The van der Waals surface area contributed by atoms with Gasteiger partial charge in [0.25, 0.3) is 0 Å². The number of piperidine rings is 1. The standard InChI is InChI=1S/C32H39FIN7O4/c1-20-16-22(38-29-30-37-18-26(40(30)15-13-35-29)21-6-9-28(45-5)25(33)17-21)7-8-23(20)32(44)39-14-10-24(27(42)19-39)31(43)36-12-11-34-41(2,3)4/h6-9,13,15-18,24,27,42H,10-12,14,19H2,1-5H3,(H,35,38)(H,36,43)/t24-,27-/m1/s1. The van der Waals surface area contributed by atoms with Gasteiger partial charge in [0.05, 0.1) is 19.0 Å². The van der Waals surface area contributed by atoms with Gasteiger partial charge in [-0.1, -0.05) is 0 Å². The van der Waals surface area contributed by atoms with Crippen LogP contribution in [0.4, 0.5) is 15.9 Å². The summed E-state index contributed by atoms with van der Waals surface area (Å²) in [5, 5.41) is 17.0. The normalized spacial score (nSPS) is 17.0. The molecule has 1 aliphatic rings. The van der Waals surface area contributed by atoms with E-state index in [0.29, 0.717) is 53.5 Å². The molecule has 0 spiro atoms. The van der Waals surface area contributed by atoms with E-state index in [9.17, 15) is 19.1 Å². The van der Waals surface area contributed by atoms with E-state index in [1.54, 1.807) is 47.8 Å². The number of aliphatic hydroxyl groups is 1. The molecule has 2 aromatic carbocycles. The number of carbonyl (C=O) groups excluding carboxylic acids is 2. The number of aliphatic hydroxyl groups excluding tert-OH is 1. The second kappa shape index (κ2) is 13.7. The quantitative estimate of drug-likeness (QED) is 0.0927. The molecular weight excluding hydrogens is 692 g/mol. The molecule has 0 saturated carbocycles. The molecule has 3 N–H and O–H groups in total. The number of nitrogens with one attached hydrogen (secondary N) is 2. The van der Waals surface area contributed by atoms with E-state index in [2.05, 4.69) is 41.7 Å². The fourth-order valence-electron chi connectivity index (χ4n) is 5.35. The predicted molar refractivity (Wildman–Crippen MR) is 165 cm³/mol. The van der Waals surface area contributed by atoms with Gasteiger partial charge in [-0.2, -0.15) is 0 Å². The third-order valence-corrected chi connectivity index (χ3v) is 10.7. The van der Waals surface area contributed by atoms with Crippen molar-refractivity contribution in [1.82, 2.24) is 24.6 Å². The van der Waals surface area contributed by atoms with Crippen molar-refractivity contribution in [3.63, 3.8) is 0 Å². The Morgan fingerprint density at radius 1 is 1.18 bits per heavy atom. The molecule has 5 rings (SSSR count). The molecule has 1 aliphatic heterocycles. The molecule has 1 saturated heterocycles. The van der Waals surface area contributed by atoms with Gasteiger partial charge in [-0.05, 0) is 18.2 Å². The average Bonchev–Trinajstić information content (AvgIpc) is 3.44. The van der Waals surface area contributed by atoms with E-state index in [1.165, 1.54) is 13.2 Å². The summed E-state index contributed by atoms with van der Waals surface area (Å²) in [5.41, 5.74) is 3.88. The van der Waals surface area contributed by atoms with Crippen molar-refractivity contribution < 1.29 is 48.0 Å². The molecule has 3 heterocycles. The second-order valence-corrected chi connectivity index (χ2v) is 16.4. The molecule has 2 amide bonds. The number of alkyl halides is 1. The molecular formula is C32H39FIN7O4. The van der Waals surface area contributed by atoms with Crippen LogP contribution in [0.3, 0.4) is 0 Å². The molecule has 0 unspecified atom stereocenters. The minimum Gasteiger partial charge on any atom is -0.295 e. The first-order chi connectivity index (χ1) is 21.4.